The predicted octanol–water partition coefficient (Wildman–Crippen LogP) is 4.75. The quantitative estimate of drug-likeness (QED) is 0.727. The minimum Gasteiger partial charge on any atom is -0.448 e. The van der Waals surface area contributed by atoms with E-state index in [2.05, 4.69) is 61.5 Å². The van der Waals surface area contributed by atoms with Gasteiger partial charge < -0.3 is 9.47 Å². The molecule has 0 spiro atoms. The molecule has 0 N–H and O–H groups in total. The van der Waals surface area contributed by atoms with Crippen LogP contribution >= 0.6 is 0 Å². The van der Waals surface area contributed by atoms with Gasteiger partial charge in [-0.05, 0) is 35.1 Å². The van der Waals surface area contributed by atoms with Gasteiger partial charge >= 0.3 is 6.09 Å². The molecule has 2 atom stereocenters. The Morgan fingerprint density at radius 1 is 1.07 bits per heavy atom. The maximum Gasteiger partial charge on any atom is 0.410 e. The topological polar surface area (TPSA) is 38.8 Å². The van der Waals surface area contributed by atoms with E-state index in [0.29, 0.717) is 19.8 Å². The number of fused-ring (bicyclic) bond motifs is 5. The van der Waals surface area contributed by atoms with Gasteiger partial charge in [-0.25, -0.2) is 4.79 Å². The van der Waals surface area contributed by atoms with Gasteiger partial charge in [0.1, 0.15) is 6.61 Å². The summed E-state index contributed by atoms with van der Waals surface area (Å²) < 4.78 is 11.6. The van der Waals surface area contributed by atoms with Crippen LogP contribution in [0.2, 0.25) is 0 Å². The zero-order chi connectivity index (χ0) is 19.1. The summed E-state index contributed by atoms with van der Waals surface area (Å²) in [5.41, 5.74) is 6.40. The highest BCUT2D eigenvalue weighted by Crippen LogP contribution is 2.44. The standard InChI is InChI=1S/C24H25NO3/c1-2-16-11-17-13-27-14-18(12-16)25(17)24(26)28-15-23-21-9-5-3-7-19(21)20-8-4-6-10-22(20)23/h3-11,17-18,23H,2,12-15H2,1H3. The summed E-state index contributed by atoms with van der Waals surface area (Å²) in [5.74, 6) is 0.0963. The lowest BCUT2D eigenvalue weighted by Gasteiger charge is -2.43. The molecule has 2 aromatic carbocycles. The number of hydrogen-bond donors (Lipinski definition) is 0. The lowest BCUT2D eigenvalue weighted by atomic mass is 9.93. The zero-order valence-corrected chi connectivity index (χ0v) is 16.1. The van der Waals surface area contributed by atoms with Gasteiger partial charge in [-0.15, -0.1) is 0 Å². The summed E-state index contributed by atoms with van der Waals surface area (Å²) in [5, 5.41) is 0. The number of rotatable bonds is 3. The molecule has 0 aromatic heterocycles. The number of carbonyl (C=O) groups excluding carboxylic acids is 1. The third kappa shape index (κ3) is 2.83. The maximum absolute atomic E-state index is 13.0. The van der Waals surface area contributed by atoms with Crippen molar-refractivity contribution in [2.75, 3.05) is 19.8 Å². The van der Waals surface area contributed by atoms with E-state index in [4.69, 9.17) is 9.47 Å². The van der Waals surface area contributed by atoms with Crippen LogP contribution in [0.1, 0.15) is 36.8 Å². The number of benzene rings is 2. The summed E-state index contributed by atoms with van der Waals surface area (Å²) in [4.78, 5) is 14.9. The molecule has 4 nitrogen and oxygen atoms in total. The maximum atomic E-state index is 13.0. The Hall–Kier alpha value is -2.59. The first-order valence-corrected chi connectivity index (χ1v) is 10.2. The lowest BCUT2D eigenvalue weighted by Crippen LogP contribution is -2.56. The van der Waals surface area contributed by atoms with Crippen molar-refractivity contribution in [2.45, 2.75) is 37.8 Å². The SMILES string of the molecule is CCC1=CC2COCC(C1)N2C(=O)OCC1c2ccccc2-c2ccccc21. The molecule has 2 aliphatic heterocycles. The minimum atomic E-state index is -0.216. The summed E-state index contributed by atoms with van der Waals surface area (Å²) in [6.07, 6.45) is 3.89. The van der Waals surface area contributed by atoms with Gasteiger partial charge in [0.15, 0.2) is 0 Å². The Kier molecular flexibility index (Phi) is 4.44. The number of morpholine rings is 1. The van der Waals surface area contributed by atoms with Crippen LogP contribution in [0.15, 0.2) is 60.2 Å². The van der Waals surface area contributed by atoms with Gasteiger partial charge in [-0.2, -0.15) is 0 Å². The molecule has 4 heteroatoms. The van der Waals surface area contributed by atoms with Crippen LogP contribution < -0.4 is 0 Å². The van der Waals surface area contributed by atoms with Crippen molar-refractivity contribution in [1.82, 2.24) is 4.90 Å². The number of carbonyl (C=O) groups is 1. The van der Waals surface area contributed by atoms with Gasteiger partial charge in [-0.1, -0.05) is 67.1 Å². The van der Waals surface area contributed by atoms with E-state index in [9.17, 15) is 4.79 Å². The summed E-state index contributed by atoms with van der Waals surface area (Å²) in [7, 11) is 0. The number of ether oxygens (including phenoxy) is 2. The molecule has 1 saturated heterocycles. The average Bonchev–Trinajstić information content (AvgIpc) is 3.05. The van der Waals surface area contributed by atoms with Crippen LogP contribution in [0.4, 0.5) is 4.79 Å². The second-order valence-corrected chi connectivity index (χ2v) is 7.85. The first-order valence-electron chi connectivity index (χ1n) is 10.2. The van der Waals surface area contributed by atoms with E-state index >= 15 is 0 Å². The van der Waals surface area contributed by atoms with Crippen molar-refractivity contribution in [3.63, 3.8) is 0 Å². The van der Waals surface area contributed by atoms with Crippen molar-refractivity contribution in [3.8, 4) is 11.1 Å². The largest absolute Gasteiger partial charge is 0.448 e. The molecular weight excluding hydrogens is 350 g/mol. The molecular formula is C24H25NO3. The molecule has 1 aliphatic carbocycles. The molecule has 2 heterocycles. The molecule has 0 radical (unpaired) electrons. The Balaban J connectivity index is 1.36. The summed E-state index contributed by atoms with van der Waals surface area (Å²) >= 11 is 0. The first kappa shape index (κ1) is 17.5. The van der Waals surface area contributed by atoms with E-state index in [1.54, 1.807) is 0 Å². The van der Waals surface area contributed by atoms with Crippen molar-refractivity contribution in [2.24, 2.45) is 0 Å². The molecule has 3 aliphatic rings. The Bertz CT molecular complexity index is 889. The van der Waals surface area contributed by atoms with Crippen LogP contribution in [0.25, 0.3) is 11.1 Å². The van der Waals surface area contributed by atoms with Gasteiger partial charge in [0.2, 0.25) is 0 Å². The van der Waals surface area contributed by atoms with E-state index in [-0.39, 0.29) is 24.1 Å². The van der Waals surface area contributed by atoms with Crippen molar-refractivity contribution >= 4 is 6.09 Å². The van der Waals surface area contributed by atoms with E-state index in [1.165, 1.54) is 27.8 Å². The lowest BCUT2D eigenvalue weighted by molar-refractivity contribution is -0.0364. The molecule has 2 unspecified atom stereocenters. The van der Waals surface area contributed by atoms with Crippen molar-refractivity contribution in [3.05, 3.63) is 71.3 Å². The third-order valence-electron chi connectivity index (χ3n) is 6.28. The van der Waals surface area contributed by atoms with Crippen LogP contribution in [0.5, 0.6) is 0 Å². The molecule has 28 heavy (non-hydrogen) atoms. The second-order valence-electron chi connectivity index (χ2n) is 7.85. The smallest absolute Gasteiger partial charge is 0.410 e. The highest BCUT2D eigenvalue weighted by molar-refractivity contribution is 5.79. The van der Waals surface area contributed by atoms with Crippen LogP contribution in [-0.4, -0.2) is 42.9 Å². The monoisotopic (exact) mass is 375 g/mol. The number of amides is 1. The van der Waals surface area contributed by atoms with Crippen molar-refractivity contribution < 1.29 is 14.3 Å². The normalized spacial score (nSPS) is 23.0. The zero-order valence-electron chi connectivity index (χ0n) is 16.1. The molecule has 5 rings (SSSR count). The molecule has 1 amide bonds. The van der Waals surface area contributed by atoms with E-state index in [1.807, 2.05) is 4.90 Å². The second kappa shape index (κ2) is 7.10. The molecule has 144 valence electrons. The molecule has 0 saturated carbocycles. The number of nitrogens with zero attached hydrogens (tertiary/aromatic N) is 1. The highest BCUT2D eigenvalue weighted by atomic mass is 16.6. The summed E-state index contributed by atoms with van der Waals surface area (Å²) in [6.45, 7) is 3.70. The van der Waals surface area contributed by atoms with Gasteiger partial charge in [0.05, 0.1) is 25.3 Å². The van der Waals surface area contributed by atoms with Gasteiger partial charge in [0.25, 0.3) is 0 Å². The van der Waals surface area contributed by atoms with Crippen molar-refractivity contribution in [1.29, 1.82) is 0 Å². The number of hydrogen-bond acceptors (Lipinski definition) is 3. The Labute approximate surface area is 165 Å². The average molecular weight is 375 g/mol. The fourth-order valence-corrected chi connectivity index (χ4v) is 4.90. The van der Waals surface area contributed by atoms with Gasteiger partial charge in [-0.3, -0.25) is 4.90 Å². The van der Waals surface area contributed by atoms with Crippen LogP contribution in [0.3, 0.4) is 0 Å². The van der Waals surface area contributed by atoms with Gasteiger partial charge in [0, 0.05) is 5.92 Å². The van der Waals surface area contributed by atoms with Crippen LogP contribution in [0, 0.1) is 0 Å². The predicted molar refractivity (Wildman–Crippen MR) is 108 cm³/mol. The Morgan fingerprint density at radius 2 is 1.75 bits per heavy atom. The summed E-state index contributed by atoms with van der Waals surface area (Å²) in [6, 6.07) is 16.9. The van der Waals surface area contributed by atoms with E-state index < -0.39 is 0 Å². The fraction of sp³-hybridized carbons (Fsp3) is 0.375. The first-order chi connectivity index (χ1) is 13.8. The molecule has 2 aromatic rings. The van der Waals surface area contributed by atoms with Crippen LogP contribution in [-0.2, 0) is 9.47 Å². The highest BCUT2D eigenvalue weighted by Gasteiger charge is 2.39. The fourth-order valence-electron chi connectivity index (χ4n) is 4.90. The van der Waals surface area contributed by atoms with E-state index in [0.717, 1.165) is 12.8 Å². The minimum absolute atomic E-state index is 0.00176. The Morgan fingerprint density at radius 3 is 2.39 bits per heavy atom. The molecule has 2 bridgehead atoms. The molecule has 1 fully saturated rings. The third-order valence-corrected chi connectivity index (χ3v) is 6.28.